The van der Waals surface area contributed by atoms with Crippen molar-refractivity contribution >= 4 is 35.0 Å². The summed E-state index contributed by atoms with van der Waals surface area (Å²) in [6.45, 7) is 0. The van der Waals surface area contributed by atoms with Crippen molar-refractivity contribution in [2.45, 2.75) is 70.4 Å². The lowest BCUT2D eigenvalue weighted by Gasteiger charge is -2.39. The van der Waals surface area contributed by atoms with Crippen molar-refractivity contribution in [3.8, 4) is 6.07 Å². The number of benzene rings is 1. The Hall–Kier alpha value is -5.27. The van der Waals surface area contributed by atoms with E-state index in [4.69, 9.17) is 0 Å². The fourth-order valence-corrected chi connectivity index (χ4v) is 10.2. The van der Waals surface area contributed by atoms with Crippen LogP contribution in [0.2, 0.25) is 0 Å². The predicted molar refractivity (Wildman–Crippen MR) is 215 cm³/mol. The fraction of sp³-hybridized carbons (Fsp3) is 0.312. The van der Waals surface area contributed by atoms with Gasteiger partial charge in [-0.2, -0.15) is 5.26 Å². The number of nitrogens with one attached hydrogen (secondary N) is 1. The smallest absolute Gasteiger partial charge is 0.124 e. The van der Waals surface area contributed by atoms with Crippen LogP contribution in [0.15, 0.2) is 120 Å². The van der Waals surface area contributed by atoms with Crippen LogP contribution in [0.1, 0.15) is 84.9 Å². The molecule has 0 saturated carbocycles. The van der Waals surface area contributed by atoms with Gasteiger partial charge in [-0.25, -0.2) is 0 Å². The summed E-state index contributed by atoms with van der Waals surface area (Å²) >= 11 is 0. The Morgan fingerprint density at radius 1 is 0.808 bits per heavy atom. The molecule has 7 aliphatic rings. The number of nitriles is 1. The van der Waals surface area contributed by atoms with Gasteiger partial charge >= 0.3 is 0 Å². The number of para-hydroxylation sites is 1. The van der Waals surface area contributed by atoms with Crippen LogP contribution in [0.5, 0.6) is 0 Å². The Morgan fingerprint density at radius 2 is 1.60 bits per heavy atom. The molecule has 0 fully saturated rings. The van der Waals surface area contributed by atoms with Crippen LogP contribution in [0.3, 0.4) is 0 Å². The molecular weight excluding hydrogens is 633 g/mol. The summed E-state index contributed by atoms with van der Waals surface area (Å²) < 4.78 is 5.17. The van der Waals surface area contributed by atoms with E-state index in [2.05, 4.69) is 142 Å². The maximum atomic E-state index is 9.56. The average molecular weight is 679 g/mol. The zero-order valence-electron chi connectivity index (χ0n) is 29.8. The molecule has 4 heteroatoms. The molecule has 5 unspecified atom stereocenters. The second-order valence-electron chi connectivity index (χ2n) is 15.5. The van der Waals surface area contributed by atoms with Gasteiger partial charge in [0.2, 0.25) is 0 Å². The molecule has 4 nitrogen and oxygen atoms in total. The van der Waals surface area contributed by atoms with Crippen LogP contribution in [0.4, 0.5) is 0 Å². The van der Waals surface area contributed by atoms with Crippen LogP contribution in [0.25, 0.3) is 35.0 Å². The number of rotatable bonds is 5. The summed E-state index contributed by atoms with van der Waals surface area (Å²) in [5.41, 5.74) is 14.1. The van der Waals surface area contributed by atoms with Gasteiger partial charge in [-0.15, -0.1) is 0 Å². The molecule has 0 saturated heterocycles. The van der Waals surface area contributed by atoms with Gasteiger partial charge in [0, 0.05) is 22.6 Å². The Morgan fingerprint density at radius 3 is 2.40 bits per heavy atom. The molecule has 10 rings (SSSR count). The van der Waals surface area contributed by atoms with E-state index in [1.807, 2.05) is 0 Å². The van der Waals surface area contributed by atoms with Crippen LogP contribution in [0, 0.1) is 35.0 Å². The molecule has 3 heterocycles. The number of nitrogens with zero attached hydrogens (tertiary/aromatic N) is 3. The average Bonchev–Trinajstić information content (AvgIpc) is 3.74. The summed E-state index contributed by atoms with van der Waals surface area (Å²) in [5, 5.41) is 15.1. The third kappa shape index (κ3) is 5.16. The first-order valence-electron chi connectivity index (χ1n) is 19.7. The summed E-state index contributed by atoms with van der Waals surface area (Å²) in [5.74, 6) is 2.16. The minimum absolute atomic E-state index is 0.0158. The molecule has 52 heavy (non-hydrogen) atoms. The number of hydrogen-bond acceptors (Lipinski definition) is 2. The molecule has 258 valence electrons. The van der Waals surface area contributed by atoms with Crippen LogP contribution in [-0.2, 0) is 19.3 Å². The molecule has 6 aliphatic carbocycles. The summed E-state index contributed by atoms with van der Waals surface area (Å²) in [4.78, 5) is 0. The highest BCUT2D eigenvalue weighted by molar-refractivity contribution is 5.92. The van der Waals surface area contributed by atoms with Crippen molar-refractivity contribution < 1.29 is 0 Å². The normalized spacial score (nSPS) is 27.2. The van der Waals surface area contributed by atoms with E-state index < -0.39 is 0 Å². The number of allylic oxidation sites excluding steroid dienone is 15. The zero-order valence-corrected chi connectivity index (χ0v) is 29.8. The molecule has 0 radical (unpaired) electrons. The second kappa shape index (κ2) is 13.1. The largest absolute Gasteiger partial charge is 0.347 e. The van der Waals surface area contributed by atoms with E-state index in [-0.39, 0.29) is 18.0 Å². The van der Waals surface area contributed by atoms with Gasteiger partial charge in [0.1, 0.15) is 12.0 Å². The van der Waals surface area contributed by atoms with Crippen molar-refractivity contribution in [1.29, 1.82) is 5.26 Å². The Kier molecular flexibility index (Phi) is 7.90. The minimum Gasteiger partial charge on any atom is -0.347 e. The lowest BCUT2D eigenvalue weighted by molar-refractivity contribution is 0.352. The SMILES string of the molecule is N#CC1C=CC(C2=CCCCC2C2C=CC=CC2C2=CC(n3c4c(c5ccccc53)C=CCC4)NC(n3c4c(c5c3C=CCC5)CCC=C4)=C2)=CC1. The predicted octanol–water partition coefficient (Wildman–Crippen LogP) is 11.0. The molecule has 1 N–H and O–H groups in total. The highest BCUT2D eigenvalue weighted by Gasteiger charge is 2.36. The van der Waals surface area contributed by atoms with Gasteiger partial charge in [-0.1, -0.05) is 91.1 Å². The topological polar surface area (TPSA) is 45.7 Å². The maximum absolute atomic E-state index is 9.56. The standard InChI is InChI=1S/C48H46N4/c49-31-32-25-27-33(28-26-32)35-13-1-3-15-37(35)38-16-4-2-14-36(38)34-29-47(51-43-21-9-5-17-39(43)40-18-6-10-22-44(40)51)50-48(30-34)52-45-23-11-7-19-41(45)42-20-8-12-24-46(42)52/h2,4-6,9,11-14,16-18,21,23-25,27-30,32,36-38,47,50H,1,3,7-8,10,15,19-20,22,26H2. The van der Waals surface area contributed by atoms with Crippen molar-refractivity contribution in [3.63, 3.8) is 0 Å². The number of dihydropyridines is 1. The van der Waals surface area contributed by atoms with E-state index in [0.29, 0.717) is 11.8 Å². The molecule has 5 atom stereocenters. The maximum Gasteiger partial charge on any atom is 0.124 e. The van der Waals surface area contributed by atoms with E-state index in [9.17, 15) is 5.26 Å². The number of fused-ring (bicyclic) bond motifs is 6. The van der Waals surface area contributed by atoms with Gasteiger partial charge < -0.3 is 9.88 Å². The molecule has 0 amide bonds. The highest BCUT2D eigenvalue weighted by Crippen LogP contribution is 2.46. The molecule has 1 aromatic carbocycles. The first-order valence-corrected chi connectivity index (χ1v) is 19.7. The van der Waals surface area contributed by atoms with Crippen molar-refractivity contribution in [1.82, 2.24) is 14.5 Å². The van der Waals surface area contributed by atoms with E-state index in [0.717, 1.165) is 51.4 Å². The zero-order chi connectivity index (χ0) is 34.6. The monoisotopic (exact) mass is 678 g/mol. The first kappa shape index (κ1) is 31.5. The van der Waals surface area contributed by atoms with Crippen LogP contribution >= 0.6 is 0 Å². The molecule has 2 aromatic heterocycles. The van der Waals surface area contributed by atoms with Gasteiger partial charge in [0.15, 0.2) is 0 Å². The van der Waals surface area contributed by atoms with E-state index in [1.165, 1.54) is 80.1 Å². The van der Waals surface area contributed by atoms with Crippen molar-refractivity contribution in [2.24, 2.45) is 23.7 Å². The van der Waals surface area contributed by atoms with Crippen LogP contribution in [-0.4, -0.2) is 9.13 Å². The summed E-state index contributed by atoms with van der Waals surface area (Å²) in [6, 6.07) is 11.4. The highest BCUT2D eigenvalue weighted by atomic mass is 15.3. The fourth-order valence-electron chi connectivity index (χ4n) is 10.2. The van der Waals surface area contributed by atoms with Gasteiger partial charge in [-0.3, -0.25) is 4.57 Å². The van der Waals surface area contributed by atoms with Crippen molar-refractivity contribution in [2.75, 3.05) is 0 Å². The number of aromatic nitrogens is 2. The molecular formula is C48H46N4. The van der Waals surface area contributed by atoms with Crippen molar-refractivity contribution in [3.05, 3.63) is 154 Å². The molecule has 3 aromatic rings. The van der Waals surface area contributed by atoms with Crippen LogP contribution < -0.4 is 5.32 Å². The van der Waals surface area contributed by atoms with Gasteiger partial charge in [0.05, 0.1) is 28.9 Å². The number of hydrogen-bond donors (Lipinski definition) is 1. The van der Waals surface area contributed by atoms with Gasteiger partial charge in [-0.05, 0) is 134 Å². The van der Waals surface area contributed by atoms with E-state index >= 15 is 0 Å². The third-order valence-corrected chi connectivity index (χ3v) is 12.6. The first-order chi connectivity index (χ1) is 25.8. The molecule has 0 spiro atoms. The minimum atomic E-state index is -0.0304. The van der Waals surface area contributed by atoms with Gasteiger partial charge in [0.25, 0.3) is 0 Å². The lowest BCUT2D eigenvalue weighted by Crippen LogP contribution is -2.34. The second-order valence-corrected chi connectivity index (χ2v) is 15.5. The Labute approximate surface area is 307 Å². The molecule has 1 aliphatic heterocycles. The Bertz CT molecular complexity index is 2290. The lowest BCUT2D eigenvalue weighted by atomic mass is 9.67. The summed E-state index contributed by atoms with van der Waals surface area (Å²) in [7, 11) is 0. The molecule has 0 bridgehead atoms. The Balaban J connectivity index is 1.13. The third-order valence-electron chi connectivity index (χ3n) is 12.6. The summed E-state index contributed by atoms with van der Waals surface area (Å²) in [6.07, 6.45) is 48.8. The quantitative estimate of drug-likeness (QED) is 0.292. The van der Waals surface area contributed by atoms with E-state index in [1.54, 1.807) is 0 Å².